The van der Waals surface area contributed by atoms with E-state index in [9.17, 15) is 18.0 Å². The normalized spacial score (nSPS) is 11.9. The second-order valence-electron chi connectivity index (χ2n) is 7.51. The number of aryl methyl sites for hydroxylation is 1. The highest BCUT2D eigenvalue weighted by Gasteiger charge is 2.32. The van der Waals surface area contributed by atoms with Crippen LogP contribution in [0.15, 0.2) is 66.0 Å². The van der Waals surface area contributed by atoms with Crippen molar-refractivity contribution >= 4 is 5.65 Å². The maximum absolute atomic E-state index is 13.0. The van der Waals surface area contributed by atoms with Crippen LogP contribution in [0.25, 0.3) is 27.9 Å². The molecule has 0 spiro atoms. The molecule has 0 radical (unpaired) electrons. The van der Waals surface area contributed by atoms with E-state index in [4.69, 9.17) is 0 Å². The molecule has 0 bridgehead atoms. The molecule has 0 fully saturated rings. The molecule has 0 saturated carbocycles. The summed E-state index contributed by atoms with van der Waals surface area (Å²) >= 11 is 0. The van der Waals surface area contributed by atoms with E-state index in [0.717, 1.165) is 38.2 Å². The van der Waals surface area contributed by atoms with Crippen LogP contribution in [0.1, 0.15) is 16.8 Å². The van der Waals surface area contributed by atoms with Gasteiger partial charge in [-0.05, 0) is 24.1 Å². The molecular formula is C22H16F3N7O. The maximum atomic E-state index is 13.0. The predicted octanol–water partition coefficient (Wildman–Crippen LogP) is 3.72. The van der Waals surface area contributed by atoms with Gasteiger partial charge < -0.3 is 0 Å². The minimum Gasteiger partial charge on any atom is -0.285 e. The molecule has 1 aromatic carbocycles. The van der Waals surface area contributed by atoms with Crippen molar-refractivity contribution in [1.29, 1.82) is 0 Å². The van der Waals surface area contributed by atoms with Crippen LogP contribution in [0.4, 0.5) is 13.2 Å². The summed E-state index contributed by atoms with van der Waals surface area (Å²) in [4.78, 5) is 16.4. The van der Waals surface area contributed by atoms with Gasteiger partial charge in [0.1, 0.15) is 5.69 Å². The summed E-state index contributed by atoms with van der Waals surface area (Å²) in [7, 11) is 0. The molecule has 166 valence electrons. The van der Waals surface area contributed by atoms with Crippen molar-refractivity contribution in [2.45, 2.75) is 19.6 Å². The fourth-order valence-electron chi connectivity index (χ4n) is 3.55. The van der Waals surface area contributed by atoms with Gasteiger partial charge in [0.15, 0.2) is 5.65 Å². The Kier molecular flexibility index (Phi) is 4.81. The summed E-state index contributed by atoms with van der Waals surface area (Å²) in [5, 5.41) is 15.5. The molecular weight excluding hydrogens is 435 g/mol. The number of fused-ring (bicyclic) bond motifs is 1. The second kappa shape index (κ2) is 7.69. The molecule has 1 N–H and O–H groups in total. The lowest BCUT2D eigenvalue weighted by Gasteiger charge is -2.09. The highest BCUT2D eigenvalue weighted by atomic mass is 19.4. The van der Waals surface area contributed by atoms with Crippen molar-refractivity contribution in [1.82, 2.24) is 34.6 Å². The Balaban J connectivity index is 1.63. The summed E-state index contributed by atoms with van der Waals surface area (Å²) in [5.74, 6) is 0. The number of halogens is 3. The number of aromatic nitrogens is 7. The Labute approximate surface area is 184 Å². The third-order valence-corrected chi connectivity index (χ3v) is 5.21. The van der Waals surface area contributed by atoms with E-state index >= 15 is 0 Å². The molecule has 0 saturated heterocycles. The van der Waals surface area contributed by atoms with Gasteiger partial charge in [0.2, 0.25) is 0 Å². The number of hydrogen-bond donors (Lipinski definition) is 1. The van der Waals surface area contributed by atoms with Crippen LogP contribution in [-0.4, -0.2) is 34.6 Å². The second-order valence-corrected chi connectivity index (χ2v) is 7.51. The van der Waals surface area contributed by atoms with Gasteiger partial charge in [-0.15, -0.1) is 5.10 Å². The van der Waals surface area contributed by atoms with Gasteiger partial charge in [0, 0.05) is 29.1 Å². The summed E-state index contributed by atoms with van der Waals surface area (Å²) in [6.45, 7) is 1.93. The standard InChI is InChI=1S/C22H16F3N7O/c1-13-2-5-15(6-3-13)17-11-29-32-20(19(17)16-9-27-28-10-16)30-31(21(32)33)12-14-4-7-18(26-8-14)22(23,24)25/h2-11H,12H2,1H3,(H,27,28). The van der Waals surface area contributed by atoms with Crippen LogP contribution in [0.3, 0.4) is 0 Å². The number of aromatic amines is 1. The number of pyridine rings is 1. The molecule has 8 nitrogen and oxygen atoms in total. The Bertz CT molecular complexity index is 1480. The lowest BCUT2D eigenvalue weighted by Crippen LogP contribution is -2.23. The highest BCUT2D eigenvalue weighted by molar-refractivity contribution is 5.90. The van der Waals surface area contributed by atoms with Crippen molar-refractivity contribution in [3.8, 4) is 22.3 Å². The topological polar surface area (TPSA) is 93.8 Å². The molecule has 0 amide bonds. The molecule has 33 heavy (non-hydrogen) atoms. The fourth-order valence-corrected chi connectivity index (χ4v) is 3.55. The summed E-state index contributed by atoms with van der Waals surface area (Å²) in [6.07, 6.45) is 1.45. The summed E-state index contributed by atoms with van der Waals surface area (Å²) in [5.41, 5.74) is 3.30. The van der Waals surface area contributed by atoms with Gasteiger partial charge in [0.05, 0.1) is 18.9 Å². The molecule has 0 atom stereocenters. The van der Waals surface area contributed by atoms with Crippen LogP contribution in [0.5, 0.6) is 0 Å². The number of nitrogens with zero attached hydrogens (tertiary/aromatic N) is 6. The minimum absolute atomic E-state index is 0.0575. The van der Waals surface area contributed by atoms with Gasteiger partial charge >= 0.3 is 11.9 Å². The van der Waals surface area contributed by atoms with E-state index in [1.165, 1.54) is 6.07 Å². The van der Waals surface area contributed by atoms with Crippen LogP contribution in [-0.2, 0) is 12.7 Å². The van der Waals surface area contributed by atoms with E-state index in [0.29, 0.717) is 22.3 Å². The number of nitrogens with one attached hydrogen (secondary N) is 1. The van der Waals surface area contributed by atoms with Crippen molar-refractivity contribution in [2.24, 2.45) is 0 Å². The molecule has 0 aliphatic rings. The molecule has 4 aromatic heterocycles. The largest absolute Gasteiger partial charge is 0.433 e. The Hall–Kier alpha value is -4.28. The van der Waals surface area contributed by atoms with E-state index in [1.807, 2.05) is 31.2 Å². The van der Waals surface area contributed by atoms with E-state index in [1.54, 1.807) is 18.6 Å². The van der Waals surface area contributed by atoms with Gasteiger partial charge in [-0.3, -0.25) is 10.1 Å². The number of H-pyrrole nitrogens is 1. The van der Waals surface area contributed by atoms with Crippen LogP contribution >= 0.6 is 0 Å². The molecule has 4 heterocycles. The monoisotopic (exact) mass is 451 g/mol. The van der Waals surface area contributed by atoms with Crippen LogP contribution < -0.4 is 5.69 Å². The first-order valence-electron chi connectivity index (χ1n) is 9.88. The number of rotatable bonds is 4. The predicted molar refractivity (Wildman–Crippen MR) is 113 cm³/mol. The average molecular weight is 451 g/mol. The zero-order valence-electron chi connectivity index (χ0n) is 17.2. The highest BCUT2D eigenvalue weighted by Crippen LogP contribution is 2.33. The zero-order chi connectivity index (χ0) is 23.2. The smallest absolute Gasteiger partial charge is 0.285 e. The zero-order valence-corrected chi connectivity index (χ0v) is 17.2. The van der Waals surface area contributed by atoms with Gasteiger partial charge in [0.25, 0.3) is 0 Å². The molecule has 11 heteroatoms. The average Bonchev–Trinajstić information content (AvgIpc) is 3.42. The first-order chi connectivity index (χ1) is 15.8. The maximum Gasteiger partial charge on any atom is 0.433 e. The number of hydrogen-bond acceptors (Lipinski definition) is 5. The van der Waals surface area contributed by atoms with E-state index < -0.39 is 17.6 Å². The third-order valence-electron chi connectivity index (χ3n) is 5.21. The molecule has 0 unspecified atom stereocenters. The van der Waals surface area contributed by atoms with Crippen molar-refractivity contribution in [2.75, 3.05) is 0 Å². The van der Waals surface area contributed by atoms with Crippen molar-refractivity contribution < 1.29 is 13.2 Å². The third kappa shape index (κ3) is 3.77. The Morgan fingerprint density at radius 2 is 1.79 bits per heavy atom. The number of benzene rings is 1. The molecule has 5 aromatic rings. The quantitative estimate of drug-likeness (QED) is 0.450. The van der Waals surface area contributed by atoms with Crippen molar-refractivity contribution in [3.63, 3.8) is 0 Å². The Morgan fingerprint density at radius 3 is 2.42 bits per heavy atom. The van der Waals surface area contributed by atoms with Crippen LogP contribution in [0.2, 0.25) is 0 Å². The lowest BCUT2D eigenvalue weighted by atomic mass is 9.98. The molecule has 5 rings (SSSR count). The first kappa shape index (κ1) is 20.6. The van der Waals surface area contributed by atoms with Crippen LogP contribution in [0, 0.1) is 6.92 Å². The summed E-state index contributed by atoms with van der Waals surface area (Å²) < 4.78 is 40.7. The molecule has 0 aliphatic heterocycles. The SMILES string of the molecule is Cc1ccc(-c2cnn3c(=O)n(Cc4ccc(C(F)(F)F)nc4)nc3c2-c2cn[nH]c2)cc1. The van der Waals surface area contributed by atoms with Gasteiger partial charge in [-0.2, -0.15) is 27.9 Å². The number of alkyl halides is 3. The fraction of sp³-hybridized carbons (Fsp3) is 0.136. The van der Waals surface area contributed by atoms with Gasteiger partial charge in [-0.25, -0.2) is 9.48 Å². The molecule has 0 aliphatic carbocycles. The summed E-state index contributed by atoms with van der Waals surface area (Å²) in [6, 6.07) is 10.0. The first-order valence-corrected chi connectivity index (χ1v) is 9.88. The van der Waals surface area contributed by atoms with Crippen molar-refractivity contribution in [3.05, 3.63) is 88.5 Å². The van der Waals surface area contributed by atoms with Gasteiger partial charge in [-0.1, -0.05) is 35.9 Å². The van der Waals surface area contributed by atoms with E-state index in [2.05, 4.69) is 25.4 Å². The van der Waals surface area contributed by atoms with E-state index in [-0.39, 0.29) is 6.54 Å². The Morgan fingerprint density at radius 1 is 1.00 bits per heavy atom. The lowest BCUT2D eigenvalue weighted by molar-refractivity contribution is -0.141. The minimum atomic E-state index is -4.53.